The third-order valence-corrected chi connectivity index (χ3v) is 4.14. The number of rotatable bonds is 1. The summed E-state index contributed by atoms with van der Waals surface area (Å²) >= 11 is 5.98. The molecule has 1 aromatic carbocycles. The number of aromatic nitrogens is 3. The minimum Gasteiger partial charge on any atom is -0.351 e. The fourth-order valence-electron chi connectivity index (χ4n) is 2.78. The van der Waals surface area contributed by atoms with E-state index in [1.54, 1.807) is 6.20 Å². The number of nitrogens with zero attached hydrogens (tertiary/aromatic N) is 2. The summed E-state index contributed by atoms with van der Waals surface area (Å²) in [7, 11) is 0. The van der Waals surface area contributed by atoms with E-state index in [0.29, 0.717) is 23.8 Å². The Balaban J connectivity index is 1.64. The third kappa shape index (κ3) is 2.10. The maximum Gasteiger partial charge on any atom is 0.270 e. The van der Waals surface area contributed by atoms with Crippen molar-refractivity contribution in [1.29, 1.82) is 0 Å². The highest BCUT2D eigenvalue weighted by atomic mass is 35.5. The molecule has 3 aromatic rings. The van der Waals surface area contributed by atoms with Gasteiger partial charge in [-0.3, -0.25) is 9.89 Å². The average Bonchev–Trinajstić information content (AvgIpc) is 3.11. The Bertz CT molecular complexity index is 835. The molecule has 0 unspecified atom stereocenters. The van der Waals surface area contributed by atoms with E-state index in [1.165, 1.54) is 0 Å². The monoisotopic (exact) mass is 300 g/mol. The quantitative estimate of drug-likeness (QED) is 0.726. The highest BCUT2D eigenvalue weighted by molar-refractivity contribution is 6.31. The van der Waals surface area contributed by atoms with Crippen LogP contribution in [0.15, 0.2) is 30.5 Å². The summed E-state index contributed by atoms with van der Waals surface area (Å²) in [5.74, 6) is 0.00849. The van der Waals surface area contributed by atoms with Crippen LogP contribution in [0.2, 0.25) is 5.02 Å². The van der Waals surface area contributed by atoms with Gasteiger partial charge in [0.15, 0.2) is 0 Å². The van der Waals surface area contributed by atoms with Crippen molar-refractivity contribution >= 4 is 28.4 Å². The molecule has 2 N–H and O–H groups in total. The van der Waals surface area contributed by atoms with Gasteiger partial charge in [-0.25, -0.2) is 0 Å². The van der Waals surface area contributed by atoms with Crippen LogP contribution in [0.1, 0.15) is 21.7 Å². The van der Waals surface area contributed by atoms with E-state index in [4.69, 9.17) is 11.6 Å². The van der Waals surface area contributed by atoms with Crippen molar-refractivity contribution in [3.63, 3.8) is 0 Å². The summed E-state index contributed by atoms with van der Waals surface area (Å²) < 4.78 is 0. The molecule has 2 aromatic heterocycles. The van der Waals surface area contributed by atoms with Crippen molar-refractivity contribution in [2.45, 2.75) is 13.0 Å². The van der Waals surface area contributed by atoms with Gasteiger partial charge in [-0.2, -0.15) is 5.10 Å². The first-order valence-electron chi connectivity index (χ1n) is 6.79. The normalized spacial score (nSPS) is 14.4. The van der Waals surface area contributed by atoms with Crippen molar-refractivity contribution in [2.75, 3.05) is 6.54 Å². The number of aromatic amines is 2. The number of H-pyrrole nitrogens is 2. The lowest BCUT2D eigenvalue weighted by molar-refractivity contribution is 0.0729. The van der Waals surface area contributed by atoms with E-state index >= 15 is 0 Å². The Labute approximate surface area is 125 Å². The molecule has 0 fully saturated rings. The van der Waals surface area contributed by atoms with Crippen LogP contribution in [0.3, 0.4) is 0 Å². The van der Waals surface area contributed by atoms with Gasteiger partial charge in [0, 0.05) is 46.7 Å². The van der Waals surface area contributed by atoms with Gasteiger partial charge >= 0.3 is 0 Å². The molecule has 21 heavy (non-hydrogen) atoms. The van der Waals surface area contributed by atoms with Crippen molar-refractivity contribution < 1.29 is 4.79 Å². The van der Waals surface area contributed by atoms with Gasteiger partial charge in [0.1, 0.15) is 5.69 Å². The van der Waals surface area contributed by atoms with E-state index in [9.17, 15) is 4.79 Å². The molecule has 0 atom stereocenters. The van der Waals surface area contributed by atoms with Crippen LogP contribution in [0.25, 0.3) is 10.9 Å². The lowest BCUT2D eigenvalue weighted by Crippen LogP contribution is -2.35. The average molecular weight is 301 g/mol. The van der Waals surface area contributed by atoms with Crippen molar-refractivity contribution in [2.24, 2.45) is 0 Å². The standard InChI is InChI=1S/C15H13ClN4O/c16-11-1-2-12-9(5-11)6-14(18-12)15(21)20-4-3-13-10(8-20)7-17-19-13/h1-2,5-7,18H,3-4,8H2,(H,17,19). The molecule has 3 heterocycles. The Morgan fingerprint density at radius 1 is 1.33 bits per heavy atom. The molecular formula is C15H13ClN4O. The molecule has 5 nitrogen and oxygen atoms in total. The Morgan fingerprint density at radius 3 is 3.14 bits per heavy atom. The van der Waals surface area contributed by atoms with E-state index in [-0.39, 0.29) is 5.91 Å². The molecule has 6 heteroatoms. The predicted octanol–water partition coefficient (Wildman–Crippen LogP) is 2.74. The maximum absolute atomic E-state index is 12.6. The Kier molecular flexibility index (Phi) is 2.75. The molecule has 106 valence electrons. The zero-order valence-electron chi connectivity index (χ0n) is 11.2. The summed E-state index contributed by atoms with van der Waals surface area (Å²) in [5, 5.41) is 8.62. The van der Waals surface area contributed by atoms with Crippen molar-refractivity contribution in [3.8, 4) is 0 Å². The van der Waals surface area contributed by atoms with Crippen LogP contribution in [0.5, 0.6) is 0 Å². The molecular weight excluding hydrogens is 288 g/mol. The van der Waals surface area contributed by atoms with E-state index in [2.05, 4.69) is 15.2 Å². The lowest BCUT2D eigenvalue weighted by Gasteiger charge is -2.26. The Morgan fingerprint density at radius 2 is 2.24 bits per heavy atom. The Hall–Kier alpha value is -2.27. The summed E-state index contributed by atoms with van der Waals surface area (Å²) in [6, 6.07) is 7.41. The molecule has 0 saturated heterocycles. The van der Waals surface area contributed by atoms with Gasteiger partial charge in [-0.15, -0.1) is 0 Å². The van der Waals surface area contributed by atoms with E-state index in [0.717, 1.165) is 28.6 Å². The van der Waals surface area contributed by atoms with Gasteiger partial charge in [0.25, 0.3) is 5.91 Å². The number of benzene rings is 1. The van der Waals surface area contributed by atoms with Crippen LogP contribution in [-0.4, -0.2) is 32.5 Å². The molecule has 0 bridgehead atoms. The van der Waals surface area contributed by atoms with Crippen LogP contribution >= 0.6 is 11.6 Å². The number of amides is 1. The summed E-state index contributed by atoms with van der Waals surface area (Å²) in [6.45, 7) is 1.30. The summed E-state index contributed by atoms with van der Waals surface area (Å²) in [6.07, 6.45) is 2.60. The molecule has 0 saturated carbocycles. The molecule has 1 aliphatic rings. The van der Waals surface area contributed by atoms with Crippen LogP contribution < -0.4 is 0 Å². The number of fused-ring (bicyclic) bond motifs is 2. The van der Waals surface area contributed by atoms with Crippen LogP contribution in [0, 0.1) is 0 Å². The second-order valence-electron chi connectivity index (χ2n) is 5.27. The number of hydrogen-bond acceptors (Lipinski definition) is 2. The molecule has 0 spiro atoms. The van der Waals surface area contributed by atoms with E-state index in [1.807, 2.05) is 29.2 Å². The fourth-order valence-corrected chi connectivity index (χ4v) is 2.96. The fraction of sp³-hybridized carbons (Fsp3) is 0.200. The summed E-state index contributed by atoms with van der Waals surface area (Å²) in [4.78, 5) is 17.6. The first-order chi connectivity index (χ1) is 10.2. The molecule has 0 aliphatic carbocycles. The van der Waals surface area contributed by atoms with Gasteiger partial charge in [0.05, 0.1) is 6.20 Å². The van der Waals surface area contributed by atoms with Crippen molar-refractivity contribution in [1.82, 2.24) is 20.1 Å². The number of hydrogen-bond donors (Lipinski definition) is 2. The molecule has 1 amide bonds. The minimum atomic E-state index is 0.00849. The third-order valence-electron chi connectivity index (χ3n) is 3.90. The zero-order valence-corrected chi connectivity index (χ0v) is 11.9. The highest BCUT2D eigenvalue weighted by Crippen LogP contribution is 2.23. The van der Waals surface area contributed by atoms with Gasteiger partial charge in [0.2, 0.25) is 0 Å². The van der Waals surface area contributed by atoms with Gasteiger partial charge < -0.3 is 9.88 Å². The predicted molar refractivity (Wildman–Crippen MR) is 80.3 cm³/mol. The van der Waals surface area contributed by atoms with Crippen LogP contribution in [0.4, 0.5) is 0 Å². The zero-order chi connectivity index (χ0) is 14.4. The number of nitrogens with one attached hydrogen (secondary N) is 2. The number of halogens is 1. The molecule has 4 rings (SSSR count). The lowest BCUT2D eigenvalue weighted by atomic mass is 10.1. The summed E-state index contributed by atoms with van der Waals surface area (Å²) in [5.41, 5.74) is 3.74. The molecule has 1 aliphatic heterocycles. The van der Waals surface area contributed by atoms with Gasteiger partial charge in [-0.05, 0) is 24.3 Å². The van der Waals surface area contributed by atoms with Gasteiger partial charge in [-0.1, -0.05) is 11.6 Å². The van der Waals surface area contributed by atoms with E-state index < -0.39 is 0 Å². The number of carbonyl (C=O) groups is 1. The van der Waals surface area contributed by atoms with Crippen LogP contribution in [-0.2, 0) is 13.0 Å². The highest BCUT2D eigenvalue weighted by Gasteiger charge is 2.23. The van der Waals surface area contributed by atoms with Crippen molar-refractivity contribution in [3.05, 3.63) is 52.4 Å². The SMILES string of the molecule is O=C(c1cc2cc(Cl)ccc2[nH]1)N1CCc2[nH]ncc2C1. The second kappa shape index (κ2) is 4.63. The number of carbonyl (C=O) groups excluding carboxylic acids is 1. The first-order valence-corrected chi connectivity index (χ1v) is 7.17. The molecule has 0 radical (unpaired) electrons. The second-order valence-corrected chi connectivity index (χ2v) is 5.70. The first kappa shape index (κ1) is 12.5. The smallest absolute Gasteiger partial charge is 0.270 e. The largest absolute Gasteiger partial charge is 0.351 e. The topological polar surface area (TPSA) is 64.8 Å². The minimum absolute atomic E-state index is 0.00849. The maximum atomic E-state index is 12.6.